The predicted molar refractivity (Wildman–Crippen MR) is 106 cm³/mol. The van der Waals surface area contributed by atoms with Gasteiger partial charge in [-0.15, -0.1) is 10.2 Å². The number of thioether (sulfide) groups is 1. The molecule has 0 aliphatic carbocycles. The van der Waals surface area contributed by atoms with Gasteiger partial charge < -0.3 is 9.73 Å². The van der Waals surface area contributed by atoms with Gasteiger partial charge in [-0.05, 0) is 31.0 Å². The summed E-state index contributed by atoms with van der Waals surface area (Å²) in [5.41, 5.74) is 1.13. The van der Waals surface area contributed by atoms with Gasteiger partial charge in [0.1, 0.15) is 0 Å². The topological polar surface area (TPSA) is 73.0 Å². The Morgan fingerprint density at radius 1 is 1.19 bits per heavy atom. The van der Waals surface area contributed by atoms with E-state index in [9.17, 15) is 4.79 Å². The predicted octanol–water partition coefficient (Wildman–Crippen LogP) is 4.31. The van der Waals surface area contributed by atoms with Crippen LogP contribution in [0.5, 0.6) is 0 Å². The molecule has 27 heavy (non-hydrogen) atoms. The normalized spacial score (nSPS) is 12.1. The van der Waals surface area contributed by atoms with Crippen molar-refractivity contribution >= 4 is 17.7 Å². The molecule has 0 saturated heterocycles. The lowest BCUT2D eigenvalue weighted by molar-refractivity contribution is -0.119. The second-order valence-corrected chi connectivity index (χ2v) is 7.08. The maximum absolute atomic E-state index is 12.5. The maximum Gasteiger partial charge on any atom is 0.230 e. The van der Waals surface area contributed by atoms with Gasteiger partial charge in [0.25, 0.3) is 0 Å². The van der Waals surface area contributed by atoms with Gasteiger partial charge >= 0.3 is 0 Å². The van der Waals surface area contributed by atoms with Crippen molar-refractivity contribution in [1.29, 1.82) is 0 Å². The molecule has 2 heterocycles. The van der Waals surface area contributed by atoms with E-state index >= 15 is 0 Å². The van der Waals surface area contributed by atoms with Gasteiger partial charge in [-0.3, -0.25) is 9.36 Å². The molecular formula is C20H24N4O2S. The molecule has 3 aromatic rings. The Balaban J connectivity index is 1.63. The second-order valence-electron chi connectivity index (χ2n) is 6.14. The number of carbonyl (C=O) groups is 1. The summed E-state index contributed by atoms with van der Waals surface area (Å²) in [7, 11) is 0. The summed E-state index contributed by atoms with van der Waals surface area (Å²) in [6, 6.07) is 13.8. The average molecular weight is 385 g/mol. The lowest BCUT2D eigenvalue weighted by Gasteiger charge is -2.18. The quantitative estimate of drug-likeness (QED) is 0.557. The average Bonchev–Trinajstić information content (AvgIpc) is 3.35. The maximum atomic E-state index is 12.5. The minimum atomic E-state index is -0.00694. The van der Waals surface area contributed by atoms with Crippen LogP contribution in [0.1, 0.15) is 38.3 Å². The van der Waals surface area contributed by atoms with Crippen molar-refractivity contribution in [3.05, 3.63) is 54.3 Å². The molecule has 0 aliphatic heterocycles. The van der Waals surface area contributed by atoms with Crippen molar-refractivity contribution in [3.63, 3.8) is 0 Å². The van der Waals surface area contributed by atoms with Crippen molar-refractivity contribution in [3.8, 4) is 11.6 Å². The van der Waals surface area contributed by atoms with Crippen LogP contribution in [0.4, 0.5) is 0 Å². The Hall–Kier alpha value is -2.54. The zero-order chi connectivity index (χ0) is 19.1. The number of nitrogens with one attached hydrogen (secondary N) is 1. The van der Waals surface area contributed by atoms with E-state index in [0.717, 1.165) is 18.4 Å². The summed E-state index contributed by atoms with van der Waals surface area (Å²) in [6.07, 6.45) is 3.53. The van der Waals surface area contributed by atoms with Crippen molar-refractivity contribution in [2.45, 2.75) is 44.4 Å². The van der Waals surface area contributed by atoms with Gasteiger partial charge in [-0.25, -0.2) is 0 Å². The molecular weight excluding hydrogens is 360 g/mol. The Kier molecular flexibility index (Phi) is 6.70. The third-order valence-electron chi connectivity index (χ3n) is 4.22. The van der Waals surface area contributed by atoms with Crippen molar-refractivity contribution < 1.29 is 9.21 Å². The molecule has 2 aromatic heterocycles. The number of amides is 1. The lowest BCUT2D eigenvalue weighted by atomic mass is 10.0. The molecule has 6 nitrogen and oxygen atoms in total. The minimum absolute atomic E-state index is 0.00694. The number of hydrogen-bond donors (Lipinski definition) is 1. The lowest BCUT2D eigenvalue weighted by Crippen LogP contribution is -2.30. The first-order valence-corrected chi connectivity index (χ1v) is 10.2. The number of benzene rings is 1. The molecule has 0 bridgehead atoms. The molecule has 142 valence electrons. The summed E-state index contributed by atoms with van der Waals surface area (Å²) in [4.78, 5) is 12.5. The van der Waals surface area contributed by atoms with E-state index in [0.29, 0.717) is 29.0 Å². The number of hydrogen-bond acceptors (Lipinski definition) is 5. The molecule has 0 spiro atoms. The molecule has 1 aromatic carbocycles. The molecule has 7 heteroatoms. The van der Waals surface area contributed by atoms with Gasteiger partial charge in [0.15, 0.2) is 16.7 Å². The minimum Gasteiger partial charge on any atom is -0.461 e. The number of aromatic nitrogens is 3. The highest BCUT2D eigenvalue weighted by Gasteiger charge is 2.18. The molecule has 0 fully saturated rings. The molecule has 1 atom stereocenters. The molecule has 0 unspecified atom stereocenters. The van der Waals surface area contributed by atoms with Gasteiger partial charge in [0, 0.05) is 6.54 Å². The fourth-order valence-corrected chi connectivity index (χ4v) is 3.74. The van der Waals surface area contributed by atoms with Gasteiger partial charge in [0.05, 0.1) is 18.1 Å². The molecule has 0 radical (unpaired) electrons. The zero-order valence-corrected chi connectivity index (χ0v) is 16.4. The van der Waals surface area contributed by atoms with E-state index in [1.165, 1.54) is 11.8 Å². The summed E-state index contributed by atoms with van der Waals surface area (Å²) >= 11 is 1.39. The van der Waals surface area contributed by atoms with Crippen LogP contribution in [-0.4, -0.2) is 26.4 Å². The smallest absolute Gasteiger partial charge is 0.230 e. The van der Waals surface area contributed by atoms with Crippen LogP contribution in [0.15, 0.2) is 58.3 Å². The third-order valence-corrected chi connectivity index (χ3v) is 5.19. The summed E-state index contributed by atoms with van der Waals surface area (Å²) < 4.78 is 7.37. The highest BCUT2D eigenvalue weighted by atomic mass is 32.2. The first-order valence-electron chi connectivity index (χ1n) is 9.17. The Bertz CT molecular complexity index is 846. The van der Waals surface area contributed by atoms with E-state index in [1.807, 2.05) is 41.8 Å². The van der Waals surface area contributed by atoms with E-state index in [-0.39, 0.29) is 11.9 Å². The largest absolute Gasteiger partial charge is 0.461 e. The van der Waals surface area contributed by atoms with Crippen LogP contribution >= 0.6 is 11.8 Å². The number of carbonyl (C=O) groups excluding carboxylic acids is 1. The third kappa shape index (κ3) is 4.80. The van der Waals surface area contributed by atoms with Crippen molar-refractivity contribution in [1.82, 2.24) is 20.1 Å². The van der Waals surface area contributed by atoms with E-state index in [1.54, 1.807) is 6.26 Å². The monoisotopic (exact) mass is 384 g/mol. The van der Waals surface area contributed by atoms with E-state index < -0.39 is 0 Å². The van der Waals surface area contributed by atoms with Crippen LogP contribution in [0.25, 0.3) is 11.6 Å². The van der Waals surface area contributed by atoms with Crippen LogP contribution in [-0.2, 0) is 11.3 Å². The van der Waals surface area contributed by atoms with Gasteiger partial charge in [0.2, 0.25) is 5.91 Å². The highest BCUT2D eigenvalue weighted by Crippen LogP contribution is 2.24. The van der Waals surface area contributed by atoms with Gasteiger partial charge in [-0.2, -0.15) is 0 Å². The molecule has 0 saturated carbocycles. The number of furan rings is 1. The molecule has 0 aliphatic rings. The standard InChI is InChI=1S/C20H24N4O2S/c1-3-9-16(15-10-6-5-7-11-15)21-18(25)14-27-20-23-22-19(24(20)4-2)17-12-8-13-26-17/h5-8,10-13,16H,3-4,9,14H2,1-2H3,(H,21,25)/t16-/m1/s1. The molecule has 1 N–H and O–H groups in total. The second kappa shape index (κ2) is 9.41. The summed E-state index contributed by atoms with van der Waals surface area (Å²) in [5, 5.41) is 12.3. The van der Waals surface area contributed by atoms with Crippen LogP contribution < -0.4 is 5.32 Å². The molecule has 1 amide bonds. The first kappa shape index (κ1) is 19.2. The summed E-state index contributed by atoms with van der Waals surface area (Å²) in [5.74, 6) is 1.64. The number of rotatable bonds is 9. The zero-order valence-electron chi connectivity index (χ0n) is 15.6. The fraction of sp³-hybridized carbons (Fsp3) is 0.350. The summed E-state index contributed by atoms with van der Waals surface area (Å²) in [6.45, 7) is 4.85. The van der Waals surface area contributed by atoms with E-state index in [2.05, 4.69) is 34.6 Å². The van der Waals surface area contributed by atoms with Crippen LogP contribution in [0.3, 0.4) is 0 Å². The SMILES string of the molecule is CCC[C@@H](NC(=O)CSc1nnc(-c2ccco2)n1CC)c1ccccc1. The molecule has 3 rings (SSSR count). The fourth-order valence-electron chi connectivity index (χ4n) is 2.93. The van der Waals surface area contributed by atoms with Crippen molar-refractivity contribution in [2.24, 2.45) is 0 Å². The number of nitrogens with zero attached hydrogens (tertiary/aromatic N) is 3. The Morgan fingerprint density at radius 3 is 2.67 bits per heavy atom. The Labute approximate surface area is 163 Å². The van der Waals surface area contributed by atoms with Crippen LogP contribution in [0.2, 0.25) is 0 Å². The van der Waals surface area contributed by atoms with E-state index in [4.69, 9.17) is 4.42 Å². The highest BCUT2D eigenvalue weighted by molar-refractivity contribution is 7.99. The van der Waals surface area contributed by atoms with Crippen molar-refractivity contribution in [2.75, 3.05) is 5.75 Å². The van der Waals surface area contributed by atoms with Gasteiger partial charge in [-0.1, -0.05) is 55.4 Å². The Morgan fingerprint density at radius 2 is 2.00 bits per heavy atom. The first-order chi connectivity index (χ1) is 13.2. The van der Waals surface area contributed by atoms with Crippen LogP contribution in [0, 0.1) is 0 Å².